The number of nitrogens with one attached hydrogen (secondary N) is 1. The third-order valence-corrected chi connectivity index (χ3v) is 3.09. The zero-order chi connectivity index (χ0) is 12.5. The third-order valence-electron chi connectivity index (χ3n) is 3.09. The summed E-state index contributed by atoms with van der Waals surface area (Å²) in [6.45, 7) is 2.70. The van der Waals surface area contributed by atoms with Crippen molar-refractivity contribution >= 4 is 5.69 Å². The Hall–Kier alpha value is -1.56. The largest absolute Gasteiger partial charge is 0.483 e. The van der Waals surface area contributed by atoms with Crippen LogP contribution in [0.15, 0.2) is 12.1 Å². The Balaban J connectivity index is 2.01. The minimum absolute atomic E-state index is 0.153. The number of ether oxygens (including phenoxy) is 2. The van der Waals surface area contributed by atoms with Gasteiger partial charge in [0.25, 0.3) is 6.36 Å². The molecule has 1 saturated heterocycles. The topological polar surface area (TPSA) is 33.7 Å². The molecule has 0 spiro atoms. The van der Waals surface area contributed by atoms with Gasteiger partial charge in [-0.25, -0.2) is 4.39 Å². The molecule has 98 valence electrons. The van der Waals surface area contributed by atoms with E-state index in [0.29, 0.717) is 24.5 Å². The second-order valence-corrected chi connectivity index (χ2v) is 4.30. The van der Waals surface area contributed by atoms with Gasteiger partial charge in [-0.3, -0.25) is 0 Å². The Morgan fingerprint density at radius 2 is 2.06 bits per heavy atom. The number of nitrogens with zero attached hydrogens (tertiary/aromatic N) is 1. The van der Waals surface area contributed by atoms with Crippen molar-refractivity contribution in [1.82, 2.24) is 5.32 Å². The lowest BCUT2D eigenvalue weighted by Crippen LogP contribution is -2.44. The summed E-state index contributed by atoms with van der Waals surface area (Å²) in [6, 6.07) is 2.81. The van der Waals surface area contributed by atoms with Crippen LogP contribution < -0.4 is 19.7 Å². The minimum Gasteiger partial charge on any atom is -0.483 e. The first-order chi connectivity index (χ1) is 8.75. The van der Waals surface area contributed by atoms with Crippen LogP contribution in [0, 0.1) is 5.82 Å². The predicted molar refractivity (Wildman–Crippen MR) is 62.5 cm³/mol. The second-order valence-electron chi connectivity index (χ2n) is 4.30. The number of anilines is 1. The van der Waals surface area contributed by atoms with Gasteiger partial charge in [-0.1, -0.05) is 0 Å². The van der Waals surface area contributed by atoms with Crippen LogP contribution >= 0.6 is 0 Å². The summed E-state index contributed by atoms with van der Waals surface area (Å²) in [5, 5.41) is 3.18. The maximum absolute atomic E-state index is 14.0. The normalized spacial score (nSPS) is 23.0. The Kier molecular flexibility index (Phi) is 2.95. The van der Waals surface area contributed by atoms with Gasteiger partial charge >= 0.3 is 0 Å². The van der Waals surface area contributed by atoms with Gasteiger partial charge in [-0.05, 0) is 12.1 Å². The first kappa shape index (κ1) is 11.5. The van der Waals surface area contributed by atoms with Crippen molar-refractivity contribution in [3.05, 3.63) is 17.9 Å². The molecular formula is C12H14F2N2O2. The third kappa shape index (κ3) is 1.96. The van der Waals surface area contributed by atoms with Crippen LogP contribution in [0.5, 0.6) is 11.5 Å². The lowest BCUT2D eigenvalue weighted by molar-refractivity contribution is -0.00275. The highest BCUT2D eigenvalue weighted by Crippen LogP contribution is 2.42. The molecule has 0 bridgehead atoms. The van der Waals surface area contributed by atoms with Gasteiger partial charge in [-0.2, -0.15) is 4.39 Å². The fourth-order valence-electron chi connectivity index (χ4n) is 2.26. The van der Waals surface area contributed by atoms with Crippen LogP contribution in [0.4, 0.5) is 14.5 Å². The lowest BCUT2D eigenvalue weighted by Gasteiger charge is -2.33. The van der Waals surface area contributed by atoms with E-state index < -0.39 is 12.2 Å². The van der Waals surface area contributed by atoms with E-state index in [-0.39, 0.29) is 12.4 Å². The Morgan fingerprint density at radius 1 is 1.28 bits per heavy atom. The van der Waals surface area contributed by atoms with Crippen molar-refractivity contribution in [2.24, 2.45) is 0 Å². The van der Waals surface area contributed by atoms with E-state index >= 15 is 0 Å². The molecular weight excluding hydrogens is 242 g/mol. The average Bonchev–Trinajstić information content (AvgIpc) is 2.39. The number of benzene rings is 1. The predicted octanol–water partition coefficient (Wildman–Crippen LogP) is 1.30. The molecule has 2 aliphatic heterocycles. The molecule has 1 fully saturated rings. The van der Waals surface area contributed by atoms with Crippen LogP contribution in [-0.2, 0) is 0 Å². The molecule has 6 heteroatoms. The maximum atomic E-state index is 14.0. The van der Waals surface area contributed by atoms with E-state index in [0.717, 1.165) is 13.1 Å². The summed E-state index contributed by atoms with van der Waals surface area (Å²) in [4.78, 5) is 1.85. The number of alkyl halides is 1. The molecule has 0 radical (unpaired) electrons. The van der Waals surface area contributed by atoms with Crippen LogP contribution in [0.1, 0.15) is 0 Å². The van der Waals surface area contributed by atoms with E-state index in [1.807, 2.05) is 4.90 Å². The molecule has 1 aromatic carbocycles. The molecule has 4 nitrogen and oxygen atoms in total. The highest BCUT2D eigenvalue weighted by atomic mass is 19.1. The van der Waals surface area contributed by atoms with Crippen LogP contribution in [-0.4, -0.2) is 39.1 Å². The molecule has 18 heavy (non-hydrogen) atoms. The van der Waals surface area contributed by atoms with E-state index in [1.165, 1.54) is 12.1 Å². The molecule has 2 heterocycles. The summed E-state index contributed by atoms with van der Waals surface area (Å²) >= 11 is 0. The number of fused-ring (bicyclic) bond motifs is 1. The van der Waals surface area contributed by atoms with Gasteiger partial charge in [0.1, 0.15) is 5.69 Å². The fourth-order valence-corrected chi connectivity index (χ4v) is 2.26. The molecule has 0 amide bonds. The van der Waals surface area contributed by atoms with E-state index in [4.69, 9.17) is 9.47 Å². The fraction of sp³-hybridized carbons (Fsp3) is 0.500. The number of halogens is 2. The van der Waals surface area contributed by atoms with E-state index in [9.17, 15) is 8.78 Å². The van der Waals surface area contributed by atoms with Crippen LogP contribution in [0.3, 0.4) is 0 Å². The Bertz CT molecular complexity index is 450. The first-order valence-electron chi connectivity index (χ1n) is 5.97. The second kappa shape index (κ2) is 4.61. The van der Waals surface area contributed by atoms with Crippen LogP contribution in [0.2, 0.25) is 0 Å². The molecule has 2 aliphatic rings. The Morgan fingerprint density at radius 3 is 2.83 bits per heavy atom. The summed E-state index contributed by atoms with van der Waals surface area (Å²) in [7, 11) is 0. The molecule has 3 rings (SSSR count). The van der Waals surface area contributed by atoms with E-state index in [2.05, 4.69) is 5.32 Å². The van der Waals surface area contributed by atoms with Crippen molar-refractivity contribution in [1.29, 1.82) is 0 Å². The Labute approximate surface area is 103 Å². The standard InChI is InChI=1S/C12H14F2N2O2/c13-8-1-2-9-12(18-10(14)7-17-9)11(8)16-5-3-15-4-6-16/h1-2,10,15H,3-7H2. The van der Waals surface area contributed by atoms with Crippen LogP contribution in [0.25, 0.3) is 0 Å². The zero-order valence-corrected chi connectivity index (χ0v) is 9.79. The maximum Gasteiger partial charge on any atom is 0.272 e. The minimum atomic E-state index is -1.54. The monoisotopic (exact) mass is 256 g/mol. The van der Waals surface area contributed by atoms with Crippen molar-refractivity contribution in [2.75, 3.05) is 37.7 Å². The summed E-state index contributed by atoms with van der Waals surface area (Å²) in [6.07, 6.45) is -1.54. The van der Waals surface area contributed by atoms with Gasteiger partial charge in [0, 0.05) is 26.2 Å². The van der Waals surface area contributed by atoms with Gasteiger partial charge in [-0.15, -0.1) is 0 Å². The molecule has 0 saturated carbocycles. The quantitative estimate of drug-likeness (QED) is 0.821. The van der Waals surface area contributed by atoms with Crippen molar-refractivity contribution in [3.8, 4) is 11.5 Å². The number of rotatable bonds is 1. The van der Waals surface area contributed by atoms with Gasteiger partial charge in [0.2, 0.25) is 0 Å². The number of hydrogen-bond acceptors (Lipinski definition) is 4. The number of piperazine rings is 1. The number of hydrogen-bond donors (Lipinski definition) is 1. The lowest BCUT2D eigenvalue weighted by atomic mass is 10.2. The molecule has 1 unspecified atom stereocenters. The van der Waals surface area contributed by atoms with Crippen molar-refractivity contribution in [3.63, 3.8) is 0 Å². The van der Waals surface area contributed by atoms with Gasteiger partial charge < -0.3 is 19.7 Å². The molecule has 1 N–H and O–H groups in total. The summed E-state index contributed by atoms with van der Waals surface area (Å²) in [5.41, 5.74) is 0.302. The molecule has 0 aromatic heterocycles. The van der Waals surface area contributed by atoms with Crippen molar-refractivity contribution < 1.29 is 18.3 Å². The molecule has 0 aliphatic carbocycles. The van der Waals surface area contributed by atoms with E-state index in [1.54, 1.807) is 0 Å². The zero-order valence-electron chi connectivity index (χ0n) is 9.79. The molecule has 1 aromatic rings. The highest BCUT2D eigenvalue weighted by Gasteiger charge is 2.28. The highest BCUT2D eigenvalue weighted by molar-refractivity contribution is 5.66. The first-order valence-corrected chi connectivity index (χ1v) is 5.97. The van der Waals surface area contributed by atoms with Gasteiger partial charge in [0.15, 0.2) is 23.9 Å². The van der Waals surface area contributed by atoms with Crippen molar-refractivity contribution in [2.45, 2.75) is 6.36 Å². The smallest absolute Gasteiger partial charge is 0.272 e. The summed E-state index contributed by atoms with van der Waals surface area (Å²) < 4.78 is 37.5. The molecule has 1 atom stereocenters. The van der Waals surface area contributed by atoms with Gasteiger partial charge in [0.05, 0.1) is 0 Å². The SMILES string of the molecule is Fc1ccc2c(c1N1CCNCC1)OC(F)CO2. The average molecular weight is 256 g/mol. The summed E-state index contributed by atoms with van der Waals surface area (Å²) in [5.74, 6) is 0.169.